The maximum atomic E-state index is 13.0. The lowest BCUT2D eigenvalue weighted by Gasteiger charge is -2.29. The van der Waals surface area contributed by atoms with Crippen LogP contribution in [-0.4, -0.2) is 34.6 Å². The van der Waals surface area contributed by atoms with Crippen molar-refractivity contribution in [2.24, 2.45) is 0 Å². The van der Waals surface area contributed by atoms with Gasteiger partial charge >= 0.3 is 0 Å². The first-order chi connectivity index (χ1) is 13.8. The molecule has 0 aliphatic rings. The molecule has 29 heavy (non-hydrogen) atoms. The topological polar surface area (TPSA) is 49.4 Å². The number of thioether (sulfide) groups is 1. The summed E-state index contributed by atoms with van der Waals surface area (Å²) in [4.78, 5) is 27.3. The van der Waals surface area contributed by atoms with Gasteiger partial charge in [0.15, 0.2) is 0 Å². The number of amides is 2. The van der Waals surface area contributed by atoms with Crippen molar-refractivity contribution < 1.29 is 9.59 Å². The highest BCUT2D eigenvalue weighted by molar-refractivity contribution is 7.99. The zero-order valence-corrected chi connectivity index (χ0v) is 18.9. The third-order valence-electron chi connectivity index (χ3n) is 4.65. The molecule has 1 atom stereocenters. The maximum Gasteiger partial charge on any atom is 0.242 e. The van der Waals surface area contributed by atoms with Crippen LogP contribution in [0.15, 0.2) is 48.5 Å². The Morgan fingerprint density at radius 3 is 2.28 bits per heavy atom. The zero-order chi connectivity index (χ0) is 21.4. The summed E-state index contributed by atoms with van der Waals surface area (Å²) in [6.45, 7) is 10.2. The van der Waals surface area contributed by atoms with Crippen LogP contribution in [0.5, 0.6) is 0 Å². The van der Waals surface area contributed by atoms with Crippen LogP contribution in [0.3, 0.4) is 0 Å². The highest BCUT2D eigenvalue weighted by Gasteiger charge is 2.26. The highest BCUT2D eigenvalue weighted by atomic mass is 32.2. The predicted molar refractivity (Wildman–Crippen MR) is 122 cm³/mol. The van der Waals surface area contributed by atoms with Crippen LogP contribution in [0, 0.1) is 13.8 Å². The van der Waals surface area contributed by atoms with Gasteiger partial charge in [-0.1, -0.05) is 59.7 Å². The number of carbonyl (C=O) groups is 2. The summed E-state index contributed by atoms with van der Waals surface area (Å²) in [7, 11) is 0. The number of nitrogens with zero attached hydrogens (tertiary/aromatic N) is 1. The molecule has 4 nitrogen and oxygen atoms in total. The Bertz CT molecular complexity index is 818. The Morgan fingerprint density at radius 2 is 1.66 bits per heavy atom. The van der Waals surface area contributed by atoms with Crippen LogP contribution >= 0.6 is 11.8 Å². The Hall–Kier alpha value is -2.27. The summed E-state index contributed by atoms with van der Waals surface area (Å²) in [6, 6.07) is 15.9. The van der Waals surface area contributed by atoms with Gasteiger partial charge in [-0.05, 0) is 45.7 Å². The van der Waals surface area contributed by atoms with Gasteiger partial charge in [-0.15, -0.1) is 11.8 Å². The van der Waals surface area contributed by atoms with Gasteiger partial charge in [0.25, 0.3) is 0 Å². The van der Waals surface area contributed by atoms with Gasteiger partial charge in [0.1, 0.15) is 6.04 Å². The number of benzene rings is 2. The average Bonchev–Trinajstić information content (AvgIpc) is 2.66. The Labute approximate surface area is 179 Å². The zero-order valence-electron chi connectivity index (χ0n) is 18.1. The molecule has 0 spiro atoms. The lowest BCUT2D eigenvalue weighted by atomic mass is 10.1. The first-order valence-corrected chi connectivity index (χ1v) is 11.2. The summed E-state index contributed by atoms with van der Waals surface area (Å²) in [5.41, 5.74) is 4.60. The lowest BCUT2D eigenvalue weighted by Crippen LogP contribution is -2.49. The smallest absolute Gasteiger partial charge is 0.242 e. The third-order valence-corrected chi connectivity index (χ3v) is 5.64. The minimum atomic E-state index is -0.523. The summed E-state index contributed by atoms with van der Waals surface area (Å²) in [5.74, 6) is 0.982. The normalized spacial score (nSPS) is 11.9. The van der Waals surface area contributed by atoms with E-state index in [9.17, 15) is 9.59 Å². The fourth-order valence-corrected chi connectivity index (χ4v) is 3.89. The van der Waals surface area contributed by atoms with Crippen molar-refractivity contribution in [1.82, 2.24) is 10.2 Å². The van der Waals surface area contributed by atoms with E-state index >= 15 is 0 Å². The third kappa shape index (κ3) is 7.58. The standard InChI is InChI=1S/C24H32N2O2S/c1-17(2)25-24(28)20(5)26(14-22-8-6-7-19(4)13-22)23(27)16-29-15-21-11-9-18(3)10-12-21/h6-13,17,20H,14-16H2,1-5H3,(H,25,28). The van der Waals surface area contributed by atoms with Gasteiger partial charge in [0.05, 0.1) is 5.75 Å². The predicted octanol–water partition coefficient (Wildman–Crippen LogP) is 4.48. The Morgan fingerprint density at radius 1 is 0.966 bits per heavy atom. The quantitative estimate of drug-likeness (QED) is 0.661. The molecule has 5 heteroatoms. The first-order valence-electron chi connectivity index (χ1n) is 10.0. The second kappa shape index (κ2) is 11.1. The van der Waals surface area contributed by atoms with E-state index in [1.165, 1.54) is 11.1 Å². The molecule has 0 saturated heterocycles. The molecule has 2 amide bonds. The summed E-state index contributed by atoms with van der Waals surface area (Å²) >= 11 is 1.58. The summed E-state index contributed by atoms with van der Waals surface area (Å²) < 4.78 is 0. The van der Waals surface area contributed by atoms with Crippen molar-refractivity contribution in [2.75, 3.05) is 5.75 Å². The van der Waals surface area contributed by atoms with E-state index < -0.39 is 6.04 Å². The van der Waals surface area contributed by atoms with Gasteiger partial charge < -0.3 is 10.2 Å². The molecular weight excluding hydrogens is 380 g/mol. The van der Waals surface area contributed by atoms with E-state index in [0.717, 1.165) is 16.9 Å². The fraction of sp³-hybridized carbons (Fsp3) is 0.417. The number of aryl methyl sites for hydroxylation is 2. The number of carbonyl (C=O) groups excluding carboxylic acids is 2. The van der Waals surface area contributed by atoms with Crippen molar-refractivity contribution in [1.29, 1.82) is 0 Å². The van der Waals surface area contributed by atoms with E-state index in [4.69, 9.17) is 0 Å². The van der Waals surface area contributed by atoms with Crippen molar-refractivity contribution in [3.05, 3.63) is 70.8 Å². The summed E-state index contributed by atoms with van der Waals surface area (Å²) in [6.07, 6.45) is 0. The minimum absolute atomic E-state index is 0.0185. The van der Waals surface area contributed by atoms with Crippen LogP contribution in [0.25, 0.3) is 0 Å². The van der Waals surface area contributed by atoms with Crippen LogP contribution in [0.4, 0.5) is 0 Å². The van der Waals surface area contributed by atoms with Crippen molar-refractivity contribution in [2.45, 2.75) is 59.0 Å². The van der Waals surface area contributed by atoms with Gasteiger partial charge in [-0.25, -0.2) is 0 Å². The molecular formula is C24H32N2O2S. The number of nitrogens with one attached hydrogen (secondary N) is 1. The van der Waals surface area contributed by atoms with Gasteiger partial charge in [-0.3, -0.25) is 9.59 Å². The maximum absolute atomic E-state index is 13.0. The average molecular weight is 413 g/mol. The molecule has 2 aromatic carbocycles. The second-order valence-electron chi connectivity index (χ2n) is 7.83. The molecule has 0 radical (unpaired) electrons. The van der Waals surface area contributed by atoms with Crippen molar-refractivity contribution >= 4 is 23.6 Å². The van der Waals surface area contributed by atoms with Crippen LogP contribution in [0.1, 0.15) is 43.0 Å². The molecule has 0 heterocycles. The Balaban J connectivity index is 2.06. The Kier molecular flexibility index (Phi) is 8.77. The highest BCUT2D eigenvalue weighted by Crippen LogP contribution is 2.17. The molecule has 2 aromatic rings. The monoisotopic (exact) mass is 412 g/mol. The van der Waals surface area contributed by atoms with E-state index in [-0.39, 0.29) is 17.9 Å². The molecule has 2 rings (SSSR count). The van der Waals surface area contributed by atoms with Gasteiger partial charge in [-0.2, -0.15) is 0 Å². The molecule has 1 N–H and O–H groups in total. The second-order valence-corrected chi connectivity index (χ2v) is 8.81. The van der Waals surface area contributed by atoms with Crippen LogP contribution < -0.4 is 5.32 Å². The molecule has 0 aliphatic heterocycles. The molecule has 0 fully saturated rings. The van der Waals surface area contributed by atoms with Gasteiger partial charge in [0, 0.05) is 18.3 Å². The molecule has 1 unspecified atom stereocenters. The van der Waals surface area contributed by atoms with E-state index in [1.807, 2.05) is 39.0 Å². The van der Waals surface area contributed by atoms with E-state index in [2.05, 4.69) is 42.6 Å². The van der Waals surface area contributed by atoms with Gasteiger partial charge in [0.2, 0.25) is 11.8 Å². The molecule has 0 aliphatic carbocycles. The van der Waals surface area contributed by atoms with Crippen molar-refractivity contribution in [3.8, 4) is 0 Å². The summed E-state index contributed by atoms with van der Waals surface area (Å²) in [5, 5.41) is 2.92. The number of rotatable bonds is 9. The molecule has 156 valence electrons. The fourth-order valence-electron chi connectivity index (χ4n) is 3.02. The van der Waals surface area contributed by atoms with Crippen LogP contribution in [0.2, 0.25) is 0 Å². The van der Waals surface area contributed by atoms with E-state index in [0.29, 0.717) is 12.3 Å². The van der Waals surface area contributed by atoms with Crippen molar-refractivity contribution in [3.63, 3.8) is 0 Å². The first kappa shape index (κ1) is 23.0. The lowest BCUT2D eigenvalue weighted by molar-refractivity contribution is -0.138. The molecule has 0 saturated carbocycles. The SMILES string of the molecule is Cc1ccc(CSCC(=O)N(Cc2cccc(C)c2)C(C)C(=O)NC(C)C)cc1. The molecule has 0 bridgehead atoms. The molecule has 0 aromatic heterocycles. The van der Waals surface area contributed by atoms with E-state index in [1.54, 1.807) is 23.6 Å². The number of hydrogen-bond donors (Lipinski definition) is 1. The van der Waals surface area contributed by atoms with Crippen LogP contribution in [-0.2, 0) is 21.9 Å². The minimum Gasteiger partial charge on any atom is -0.352 e. The largest absolute Gasteiger partial charge is 0.352 e. The number of hydrogen-bond acceptors (Lipinski definition) is 3.